The number of esters is 1. The van der Waals surface area contributed by atoms with E-state index in [-0.39, 0.29) is 35.4 Å². The Morgan fingerprint density at radius 2 is 1.86 bits per heavy atom. The lowest BCUT2D eigenvalue weighted by Gasteiger charge is -2.31. The molecule has 4 rings (SSSR count). The van der Waals surface area contributed by atoms with Crippen LogP contribution in [0.4, 0.5) is 0 Å². The summed E-state index contributed by atoms with van der Waals surface area (Å²) >= 11 is 0. The first kappa shape index (κ1) is 24.6. The second-order valence-electron chi connectivity index (χ2n) is 8.25. The molecular weight excluding hydrogens is 470 g/mol. The zero-order chi connectivity index (χ0) is 25.0. The van der Waals surface area contributed by atoms with Gasteiger partial charge >= 0.3 is 5.97 Å². The zero-order valence-electron chi connectivity index (χ0n) is 19.5. The third-order valence-corrected chi connectivity index (χ3v) is 8.04. The van der Waals surface area contributed by atoms with E-state index in [4.69, 9.17) is 4.74 Å². The van der Waals surface area contributed by atoms with Crippen LogP contribution in [0.3, 0.4) is 0 Å². The van der Waals surface area contributed by atoms with Crippen LogP contribution in [0.5, 0.6) is 0 Å². The van der Waals surface area contributed by atoms with Crippen LogP contribution in [0.1, 0.15) is 34.6 Å². The quantitative estimate of drug-likeness (QED) is 0.496. The number of nitrogens with zero attached hydrogens (tertiary/aromatic N) is 4. The molecule has 0 atom stereocenters. The number of nitrogens with one attached hydrogen (secondary N) is 1. The van der Waals surface area contributed by atoms with Gasteiger partial charge in [0.1, 0.15) is 11.6 Å². The molecule has 1 saturated heterocycles. The summed E-state index contributed by atoms with van der Waals surface area (Å²) < 4.78 is 34.3. The van der Waals surface area contributed by atoms with Gasteiger partial charge < -0.3 is 10.1 Å². The summed E-state index contributed by atoms with van der Waals surface area (Å²) in [6, 6.07) is 9.71. The summed E-state index contributed by atoms with van der Waals surface area (Å²) in [5, 5.41) is 2.95. The molecule has 1 aliphatic rings. The van der Waals surface area contributed by atoms with Crippen LogP contribution in [0.2, 0.25) is 0 Å². The Hall–Kier alpha value is -3.57. The molecule has 1 aromatic carbocycles. The average molecular weight is 498 g/mol. The highest BCUT2D eigenvalue weighted by molar-refractivity contribution is 7.89. The fraction of sp³-hybridized carbons (Fsp3) is 0.333. The van der Waals surface area contributed by atoms with E-state index >= 15 is 0 Å². The molecule has 11 heteroatoms. The molecular formula is C24H27N5O5S. The Morgan fingerprint density at radius 1 is 1.11 bits per heavy atom. The summed E-state index contributed by atoms with van der Waals surface area (Å²) in [6.45, 7) is 2.61. The molecule has 2 aromatic heterocycles. The molecule has 0 saturated carbocycles. The van der Waals surface area contributed by atoms with Crippen LogP contribution in [0.15, 0.2) is 59.9 Å². The summed E-state index contributed by atoms with van der Waals surface area (Å²) in [5.41, 5.74) is 0.897. The number of methoxy groups -OCH3 is 1. The number of benzene rings is 1. The Kier molecular flexibility index (Phi) is 7.27. The van der Waals surface area contributed by atoms with Crippen molar-refractivity contribution in [1.29, 1.82) is 0 Å². The normalized spacial score (nSPS) is 15.0. The number of hydrogen-bond donors (Lipinski definition) is 1. The van der Waals surface area contributed by atoms with Crippen molar-refractivity contribution in [2.45, 2.75) is 31.2 Å². The van der Waals surface area contributed by atoms with E-state index < -0.39 is 16.0 Å². The van der Waals surface area contributed by atoms with Crippen molar-refractivity contribution in [2.24, 2.45) is 5.92 Å². The van der Waals surface area contributed by atoms with Gasteiger partial charge in [-0.2, -0.15) is 4.31 Å². The topological polar surface area (TPSA) is 123 Å². The standard InChI is InChI=1S/C24H27N5O5S/c1-17-25-11-14-29(17)22-15-18(7-10-26-22)16-27-23(30)19-8-12-28(13-9-19)35(32,33)21-6-4-3-5-20(21)24(31)34-2/h3-7,10-11,14-15,19H,8-9,12-13,16H2,1-2H3,(H,27,30). The van der Waals surface area contributed by atoms with Crippen molar-refractivity contribution in [2.75, 3.05) is 20.2 Å². The number of ether oxygens (including phenoxy) is 1. The average Bonchev–Trinajstić information content (AvgIpc) is 3.32. The SMILES string of the molecule is COC(=O)c1ccccc1S(=O)(=O)N1CCC(C(=O)NCc2ccnc(-n3ccnc3C)c2)CC1. The van der Waals surface area contributed by atoms with Crippen LogP contribution >= 0.6 is 0 Å². The maximum Gasteiger partial charge on any atom is 0.339 e. The number of imidazole rings is 1. The molecule has 0 bridgehead atoms. The van der Waals surface area contributed by atoms with E-state index in [1.165, 1.54) is 23.5 Å². The van der Waals surface area contributed by atoms with Crippen molar-refractivity contribution in [1.82, 2.24) is 24.2 Å². The third-order valence-electron chi connectivity index (χ3n) is 6.08. The fourth-order valence-corrected chi connectivity index (χ4v) is 5.77. The van der Waals surface area contributed by atoms with Crippen molar-refractivity contribution >= 4 is 21.9 Å². The first-order valence-electron chi connectivity index (χ1n) is 11.2. The monoisotopic (exact) mass is 497 g/mol. The molecule has 1 amide bonds. The number of carbonyl (C=O) groups is 2. The number of rotatable bonds is 7. The number of sulfonamides is 1. The molecule has 35 heavy (non-hydrogen) atoms. The first-order valence-corrected chi connectivity index (χ1v) is 12.7. The van der Waals surface area contributed by atoms with E-state index in [2.05, 4.69) is 15.3 Å². The van der Waals surface area contributed by atoms with Crippen molar-refractivity contribution < 1.29 is 22.7 Å². The summed E-state index contributed by atoms with van der Waals surface area (Å²) in [6.07, 6.45) is 5.99. The highest BCUT2D eigenvalue weighted by Crippen LogP contribution is 2.26. The Labute approximate surface area is 204 Å². The molecule has 3 heterocycles. The van der Waals surface area contributed by atoms with Gasteiger partial charge in [0.25, 0.3) is 0 Å². The Morgan fingerprint density at radius 3 is 2.54 bits per heavy atom. The second kappa shape index (κ2) is 10.4. The van der Waals surface area contributed by atoms with Crippen molar-refractivity contribution in [3.63, 3.8) is 0 Å². The minimum Gasteiger partial charge on any atom is -0.465 e. The van der Waals surface area contributed by atoms with Crippen molar-refractivity contribution in [3.05, 3.63) is 71.9 Å². The van der Waals surface area contributed by atoms with Gasteiger partial charge in [-0.25, -0.2) is 23.2 Å². The van der Waals surface area contributed by atoms with E-state index in [9.17, 15) is 18.0 Å². The first-order chi connectivity index (χ1) is 16.8. The Balaban J connectivity index is 1.36. The zero-order valence-corrected chi connectivity index (χ0v) is 20.4. The predicted molar refractivity (Wildman–Crippen MR) is 127 cm³/mol. The van der Waals surface area contributed by atoms with Gasteiger partial charge in [0.2, 0.25) is 15.9 Å². The molecule has 0 unspecified atom stereocenters. The van der Waals surface area contributed by atoms with Gasteiger partial charge in [-0.3, -0.25) is 9.36 Å². The van der Waals surface area contributed by atoms with Gasteiger partial charge in [0, 0.05) is 44.1 Å². The number of carbonyl (C=O) groups excluding carboxylic acids is 2. The largest absolute Gasteiger partial charge is 0.465 e. The van der Waals surface area contributed by atoms with E-state index in [0.29, 0.717) is 19.4 Å². The van der Waals surface area contributed by atoms with Crippen LogP contribution < -0.4 is 5.32 Å². The molecule has 1 N–H and O–H groups in total. The number of amides is 1. The maximum atomic E-state index is 13.2. The van der Waals surface area contributed by atoms with Crippen LogP contribution in [-0.2, 0) is 26.1 Å². The van der Waals surface area contributed by atoms with E-state index in [1.54, 1.807) is 24.5 Å². The summed E-state index contributed by atoms with van der Waals surface area (Å²) in [5.74, 6) is 0.414. The lowest BCUT2D eigenvalue weighted by molar-refractivity contribution is -0.126. The van der Waals surface area contributed by atoms with Gasteiger partial charge in [-0.05, 0) is 49.6 Å². The minimum absolute atomic E-state index is 0.00234. The molecule has 0 radical (unpaired) electrons. The smallest absolute Gasteiger partial charge is 0.339 e. The second-order valence-corrected chi connectivity index (χ2v) is 10.2. The molecule has 184 valence electrons. The third kappa shape index (κ3) is 5.25. The predicted octanol–water partition coefficient (Wildman–Crippen LogP) is 2.08. The van der Waals surface area contributed by atoms with Gasteiger partial charge in [0.15, 0.2) is 0 Å². The molecule has 0 spiro atoms. The molecule has 1 aliphatic heterocycles. The van der Waals surface area contributed by atoms with Crippen molar-refractivity contribution in [3.8, 4) is 5.82 Å². The molecule has 1 fully saturated rings. The summed E-state index contributed by atoms with van der Waals surface area (Å²) in [7, 11) is -2.69. The highest BCUT2D eigenvalue weighted by atomic mass is 32.2. The molecule has 0 aliphatic carbocycles. The van der Waals surface area contributed by atoms with Gasteiger partial charge in [0.05, 0.1) is 17.6 Å². The number of aryl methyl sites for hydroxylation is 1. The molecule has 3 aromatic rings. The van der Waals surface area contributed by atoms with Gasteiger partial charge in [-0.1, -0.05) is 12.1 Å². The minimum atomic E-state index is -3.90. The lowest BCUT2D eigenvalue weighted by atomic mass is 9.97. The number of piperidine rings is 1. The van der Waals surface area contributed by atoms with Gasteiger partial charge in [-0.15, -0.1) is 0 Å². The fourth-order valence-electron chi connectivity index (χ4n) is 4.12. The molecule has 10 nitrogen and oxygen atoms in total. The van der Waals surface area contributed by atoms with Crippen LogP contribution in [0.25, 0.3) is 5.82 Å². The van der Waals surface area contributed by atoms with E-state index in [0.717, 1.165) is 17.2 Å². The number of aromatic nitrogens is 3. The number of hydrogen-bond acceptors (Lipinski definition) is 7. The summed E-state index contributed by atoms with van der Waals surface area (Å²) in [4.78, 5) is 33.3. The van der Waals surface area contributed by atoms with E-state index in [1.807, 2.05) is 29.8 Å². The maximum absolute atomic E-state index is 13.2. The van der Waals surface area contributed by atoms with Crippen LogP contribution in [-0.4, -0.2) is 59.3 Å². The highest BCUT2D eigenvalue weighted by Gasteiger charge is 2.34. The lowest BCUT2D eigenvalue weighted by Crippen LogP contribution is -2.43. The van der Waals surface area contributed by atoms with Crippen LogP contribution in [0, 0.1) is 12.8 Å². The number of pyridine rings is 1. The Bertz CT molecular complexity index is 1330.